The third kappa shape index (κ3) is 5.10. The number of methoxy groups -OCH3 is 1. The summed E-state index contributed by atoms with van der Waals surface area (Å²) in [4.78, 5) is 19.9. The minimum absolute atomic E-state index is 0.119. The number of nitrogens with zero attached hydrogens (tertiary/aromatic N) is 2. The number of hydrogen-bond donors (Lipinski definition) is 4. The van der Waals surface area contributed by atoms with E-state index in [2.05, 4.69) is 20.6 Å². The van der Waals surface area contributed by atoms with Crippen molar-refractivity contribution >= 4 is 23.4 Å². The van der Waals surface area contributed by atoms with Crippen LogP contribution in [0.4, 0.5) is 21.8 Å². The molecule has 0 saturated heterocycles. The summed E-state index contributed by atoms with van der Waals surface area (Å²) in [5.74, 6) is -0.504. The van der Waals surface area contributed by atoms with Crippen molar-refractivity contribution in [3.05, 3.63) is 41.3 Å². The maximum Gasteiger partial charge on any atom is 0.254 e. The first kappa shape index (κ1) is 18.6. The molecule has 1 aromatic heterocycles. The Kier molecular flexibility index (Phi) is 6.20. The molecule has 25 heavy (non-hydrogen) atoms. The number of nitrogens with one attached hydrogen (secondary N) is 2. The zero-order valence-corrected chi connectivity index (χ0v) is 14.0. The van der Waals surface area contributed by atoms with Crippen LogP contribution in [0, 0.1) is 12.7 Å². The van der Waals surface area contributed by atoms with Crippen molar-refractivity contribution in [2.75, 3.05) is 30.9 Å². The van der Waals surface area contributed by atoms with Crippen molar-refractivity contribution in [1.29, 1.82) is 0 Å². The SMILES string of the molecule is COCC(N)CNc1ncc(C(N)=O)c(Nc2ccc(F)c(C)c2)n1. The van der Waals surface area contributed by atoms with Gasteiger partial charge in [-0.2, -0.15) is 4.98 Å². The number of hydrogen-bond acceptors (Lipinski definition) is 7. The van der Waals surface area contributed by atoms with Crippen molar-refractivity contribution in [2.45, 2.75) is 13.0 Å². The van der Waals surface area contributed by atoms with Crippen LogP contribution in [0.5, 0.6) is 0 Å². The largest absolute Gasteiger partial charge is 0.383 e. The van der Waals surface area contributed by atoms with Gasteiger partial charge in [0.2, 0.25) is 5.95 Å². The first-order valence-corrected chi connectivity index (χ1v) is 7.59. The minimum atomic E-state index is -0.677. The predicted molar refractivity (Wildman–Crippen MR) is 93.3 cm³/mol. The number of carbonyl (C=O) groups is 1. The van der Waals surface area contributed by atoms with Crippen molar-refractivity contribution in [3.63, 3.8) is 0 Å². The van der Waals surface area contributed by atoms with Crippen LogP contribution >= 0.6 is 0 Å². The van der Waals surface area contributed by atoms with Crippen molar-refractivity contribution in [2.24, 2.45) is 11.5 Å². The molecular formula is C16H21FN6O2. The van der Waals surface area contributed by atoms with Crippen molar-refractivity contribution < 1.29 is 13.9 Å². The molecular weight excluding hydrogens is 327 g/mol. The predicted octanol–water partition coefficient (Wildman–Crippen LogP) is 1.15. The van der Waals surface area contributed by atoms with Crippen LogP contribution in [0.2, 0.25) is 0 Å². The van der Waals surface area contributed by atoms with Gasteiger partial charge in [-0.05, 0) is 30.7 Å². The lowest BCUT2D eigenvalue weighted by Crippen LogP contribution is -2.33. The average molecular weight is 348 g/mol. The van der Waals surface area contributed by atoms with Crippen LogP contribution in [-0.4, -0.2) is 42.2 Å². The third-order valence-electron chi connectivity index (χ3n) is 3.38. The normalized spacial score (nSPS) is 11.8. The molecule has 0 bridgehead atoms. The molecule has 0 spiro atoms. The van der Waals surface area contributed by atoms with Gasteiger partial charge in [-0.25, -0.2) is 9.37 Å². The summed E-state index contributed by atoms with van der Waals surface area (Å²) in [5.41, 5.74) is 12.3. The van der Waals surface area contributed by atoms with E-state index in [-0.39, 0.29) is 29.2 Å². The van der Waals surface area contributed by atoms with E-state index in [1.807, 2.05) is 0 Å². The number of nitrogens with two attached hydrogens (primary N) is 2. The fraction of sp³-hybridized carbons (Fsp3) is 0.312. The van der Waals surface area contributed by atoms with E-state index < -0.39 is 5.91 Å². The Balaban J connectivity index is 2.22. The number of aryl methyl sites for hydroxylation is 1. The fourth-order valence-corrected chi connectivity index (χ4v) is 2.10. The number of halogens is 1. The van der Waals surface area contributed by atoms with Crippen LogP contribution in [0.1, 0.15) is 15.9 Å². The maximum atomic E-state index is 13.4. The van der Waals surface area contributed by atoms with E-state index in [4.69, 9.17) is 16.2 Å². The van der Waals surface area contributed by atoms with Crippen LogP contribution in [0.3, 0.4) is 0 Å². The number of carbonyl (C=O) groups excluding carboxylic acids is 1. The van der Waals surface area contributed by atoms with Crippen molar-refractivity contribution in [3.8, 4) is 0 Å². The van der Waals surface area contributed by atoms with Gasteiger partial charge < -0.3 is 26.8 Å². The molecule has 0 aliphatic rings. The highest BCUT2D eigenvalue weighted by molar-refractivity contribution is 5.98. The second kappa shape index (κ2) is 8.36. The van der Waals surface area contributed by atoms with Gasteiger partial charge in [0.05, 0.1) is 6.61 Å². The van der Waals surface area contributed by atoms with E-state index in [9.17, 15) is 9.18 Å². The molecule has 1 amide bonds. The Morgan fingerprint density at radius 2 is 2.20 bits per heavy atom. The average Bonchev–Trinajstić information content (AvgIpc) is 2.56. The molecule has 0 saturated carbocycles. The number of aromatic nitrogens is 2. The Bertz CT molecular complexity index is 755. The Morgan fingerprint density at radius 1 is 1.44 bits per heavy atom. The molecule has 1 aromatic carbocycles. The molecule has 2 rings (SSSR count). The van der Waals surface area contributed by atoms with Gasteiger partial charge in [-0.15, -0.1) is 0 Å². The van der Waals surface area contributed by atoms with E-state index in [1.54, 1.807) is 20.1 Å². The summed E-state index contributed by atoms with van der Waals surface area (Å²) in [6, 6.07) is 4.23. The Morgan fingerprint density at radius 3 is 2.84 bits per heavy atom. The van der Waals surface area contributed by atoms with Gasteiger partial charge in [-0.1, -0.05) is 0 Å². The van der Waals surface area contributed by atoms with Gasteiger partial charge in [0.25, 0.3) is 5.91 Å². The summed E-state index contributed by atoms with van der Waals surface area (Å²) >= 11 is 0. The molecule has 134 valence electrons. The summed E-state index contributed by atoms with van der Waals surface area (Å²) in [5, 5.41) is 5.92. The monoisotopic (exact) mass is 348 g/mol. The van der Waals surface area contributed by atoms with Crippen LogP contribution in [0.25, 0.3) is 0 Å². The highest BCUT2D eigenvalue weighted by atomic mass is 19.1. The van der Waals surface area contributed by atoms with Crippen LogP contribution < -0.4 is 22.1 Å². The number of rotatable bonds is 8. The zero-order chi connectivity index (χ0) is 18.4. The summed E-state index contributed by atoms with van der Waals surface area (Å²) in [6.07, 6.45) is 1.32. The standard InChI is InChI=1S/C16H21FN6O2/c1-9-5-11(3-4-13(9)17)22-15-12(14(19)24)7-21-16(23-15)20-6-10(18)8-25-2/h3-5,7,10H,6,8,18H2,1-2H3,(H2,19,24)(H2,20,21,22,23). The van der Waals surface area contributed by atoms with Crippen LogP contribution in [0.15, 0.2) is 24.4 Å². The first-order chi connectivity index (χ1) is 11.9. The minimum Gasteiger partial charge on any atom is -0.383 e. The molecule has 1 heterocycles. The van der Waals surface area contributed by atoms with Crippen molar-refractivity contribution in [1.82, 2.24) is 9.97 Å². The fourth-order valence-electron chi connectivity index (χ4n) is 2.10. The molecule has 9 heteroatoms. The van der Waals surface area contributed by atoms with E-state index in [0.717, 1.165) is 0 Å². The smallest absolute Gasteiger partial charge is 0.254 e. The molecule has 1 unspecified atom stereocenters. The molecule has 0 aliphatic carbocycles. The lowest BCUT2D eigenvalue weighted by atomic mass is 10.2. The van der Waals surface area contributed by atoms with Gasteiger partial charge >= 0.3 is 0 Å². The Hall–Kier alpha value is -2.78. The zero-order valence-electron chi connectivity index (χ0n) is 14.0. The molecule has 6 N–H and O–H groups in total. The number of ether oxygens (including phenoxy) is 1. The highest BCUT2D eigenvalue weighted by Crippen LogP contribution is 2.21. The maximum absolute atomic E-state index is 13.4. The van der Waals surface area contributed by atoms with Gasteiger partial charge in [-0.3, -0.25) is 4.79 Å². The summed E-state index contributed by atoms with van der Waals surface area (Å²) < 4.78 is 18.3. The summed E-state index contributed by atoms with van der Waals surface area (Å²) in [6.45, 7) is 2.41. The molecule has 2 aromatic rings. The van der Waals surface area contributed by atoms with E-state index >= 15 is 0 Å². The quantitative estimate of drug-likeness (QED) is 0.563. The first-order valence-electron chi connectivity index (χ1n) is 7.59. The molecule has 1 atom stereocenters. The topological polar surface area (TPSA) is 128 Å². The number of anilines is 3. The number of primary amides is 1. The molecule has 0 aliphatic heterocycles. The lowest BCUT2D eigenvalue weighted by molar-refractivity contribution is 0.100. The van der Waals surface area contributed by atoms with Gasteiger partial charge in [0.1, 0.15) is 17.2 Å². The number of amides is 1. The summed E-state index contributed by atoms with van der Waals surface area (Å²) in [7, 11) is 1.56. The third-order valence-corrected chi connectivity index (χ3v) is 3.38. The van der Waals surface area contributed by atoms with E-state index in [0.29, 0.717) is 24.4 Å². The molecule has 0 radical (unpaired) electrons. The number of benzene rings is 1. The van der Waals surface area contributed by atoms with Gasteiger partial charge in [0.15, 0.2) is 0 Å². The second-order valence-electron chi connectivity index (χ2n) is 5.51. The second-order valence-corrected chi connectivity index (χ2v) is 5.51. The molecule has 0 fully saturated rings. The molecule has 8 nitrogen and oxygen atoms in total. The van der Waals surface area contributed by atoms with Gasteiger partial charge in [0, 0.05) is 31.6 Å². The van der Waals surface area contributed by atoms with E-state index in [1.165, 1.54) is 18.3 Å². The lowest BCUT2D eigenvalue weighted by Gasteiger charge is -2.14. The highest BCUT2D eigenvalue weighted by Gasteiger charge is 2.13. The van der Waals surface area contributed by atoms with Crippen LogP contribution in [-0.2, 0) is 4.74 Å². The Labute approximate surface area is 144 Å².